The van der Waals surface area contributed by atoms with E-state index in [9.17, 15) is 9.59 Å². The number of rotatable bonds is 5. The Balaban J connectivity index is 1.54. The minimum absolute atomic E-state index is 0.267. The number of benzene rings is 2. The SMILES string of the molecule is O=C(NCc1ccccc1)Nc1cccc(CN2CCOC2=O)c1. The summed E-state index contributed by atoms with van der Waals surface area (Å²) in [5, 5.41) is 5.62. The van der Waals surface area contributed by atoms with E-state index in [-0.39, 0.29) is 12.1 Å². The monoisotopic (exact) mass is 325 g/mol. The molecule has 0 atom stereocenters. The van der Waals surface area contributed by atoms with Gasteiger partial charge in [-0.3, -0.25) is 0 Å². The van der Waals surface area contributed by atoms with Crippen molar-refractivity contribution in [3.05, 3.63) is 65.7 Å². The first-order chi connectivity index (χ1) is 11.7. The van der Waals surface area contributed by atoms with Gasteiger partial charge in [0.25, 0.3) is 0 Å². The molecule has 0 spiro atoms. The zero-order chi connectivity index (χ0) is 16.8. The van der Waals surface area contributed by atoms with Crippen LogP contribution in [0.4, 0.5) is 15.3 Å². The number of hydrogen-bond donors (Lipinski definition) is 2. The molecular weight excluding hydrogens is 306 g/mol. The predicted molar refractivity (Wildman–Crippen MR) is 90.5 cm³/mol. The number of nitrogens with zero attached hydrogens (tertiary/aromatic N) is 1. The zero-order valence-corrected chi connectivity index (χ0v) is 13.2. The Kier molecular flexibility index (Phi) is 4.96. The fourth-order valence-electron chi connectivity index (χ4n) is 2.49. The maximum atomic E-state index is 12.0. The summed E-state index contributed by atoms with van der Waals surface area (Å²) < 4.78 is 4.91. The average molecular weight is 325 g/mol. The highest BCUT2D eigenvalue weighted by Crippen LogP contribution is 2.15. The smallest absolute Gasteiger partial charge is 0.410 e. The van der Waals surface area contributed by atoms with Crippen LogP contribution >= 0.6 is 0 Å². The molecule has 0 saturated carbocycles. The van der Waals surface area contributed by atoms with E-state index >= 15 is 0 Å². The Labute approximate surface area is 140 Å². The van der Waals surface area contributed by atoms with Crippen LogP contribution in [0.15, 0.2) is 54.6 Å². The van der Waals surface area contributed by atoms with Gasteiger partial charge in [-0.15, -0.1) is 0 Å². The van der Waals surface area contributed by atoms with Crippen molar-refractivity contribution in [2.45, 2.75) is 13.1 Å². The van der Waals surface area contributed by atoms with Gasteiger partial charge >= 0.3 is 12.1 Å². The molecule has 2 N–H and O–H groups in total. The molecule has 6 nitrogen and oxygen atoms in total. The topological polar surface area (TPSA) is 70.7 Å². The van der Waals surface area contributed by atoms with Crippen LogP contribution < -0.4 is 10.6 Å². The Hall–Kier alpha value is -3.02. The molecule has 1 saturated heterocycles. The molecule has 0 aromatic heterocycles. The van der Waals surface area contributed by atoms with Crippen molar-refractivity contribution in [3.63, 3.8) is 0 Å². The first kappa shape index (κ1) is 15.9. The third kappa shape index (κ3) is 4.25. The second kappa shape index (κ2) is 7.50. The van der Waals surface area contributed by atoms with Crippen LogP contribution in [0, 0.1) is 0 Å². The fourth-order valence-corrected chi connectivity index (χ4v) is 2.49. The zero-order valence-electron chi connectivity index (χ0n) is 13.2. The molecular formula is C18H19N3O3. The molecule has 6 heteroatoms. The highest BCUT2D eigenvalue weighted by atomic mass is 16.6. The number of ether oxygens (including phenoxy) is 1. The lowest BCUT2D eigenvalue weighted by atomic mass is 10.2. The molecule has 1 heterocycles. The van der Waals surface area contributed by atoms with E-state index in [1.54, 1.807) is 4.90 Å². The van der Waals surface area contributed by atoms with Gasteiger partial charge in [-0.2, -0.15) is 0 Å². The van der Waals surface area contributed by atoms with Crippen LogP contribution in [-0.4, -0.2) is 30.2 Å². The van der Waals surface area contributed by atoms with Crippen LogP contribution in [0.2, 0.25) is 0 Å². The first-order valence-electron chi connectivity index (χ1n) is 7.80. The fraction of sp³-hybridized carbons (Fsp3) is 0.222. The molecule has 24 heavy (non-hydrogen) atoms. The van der Waals surface area contributed by atoms with E-state index in [1.807, 2.05) is 54.6 Å². The summed E-state index contributed by atoms with van der Waals surface area (Å²) in [5.74, 6) is 0. The maximum absolute atomic E-state index is 12.0. The molecule has 1 aliphatic heterocycles. The summed E-state index contributed by atoms with van der Waals surface area (Å²) >= 11 is 0. The van der Waals surface area contributed by atoms with E-state index in [4.69, 9.17) is 4.74 Å². The third-order valence-electron chi connectivity index (χ3n) is 3.70. The quantitative estimate of drug-likeness (QED) is 0.888. The maximum Gasteiger partial charge on any atom is 0.410 e. The van der Waals surface area contributed by atoms with E-state index in [0.29, 0.717) is 31.9 Å². The van der Waals surface area contributed by atoms with Crippen LogP contribution in [0.3, 0.4) is 0 Å². The lowest BCUT2D eigenvalue weighted by molar-refractivity contribution is 0.157. The van der Waals surface area contributed by atoms with Crippen molar-refractivity contribution in [1.82, 2.24) is 10.2 Å². The summed E-state index contributed by atoms with van der Waals surface area (Å²) in [6.45, 7) is 1.96. The van der Waals surface area contributed by atoms with Crippen LogP contribution in [-0.2, 0) is 17.8 Å². The predicted octanol–water partition coefficient (Wildman–Crippen LogP) is 2.96. The van der Waals surface area contributed by atoms with Crippen molar-refractivity contribution in [1.29, 1.82) is 0 Å². The number of anilines is 1. The van der Waals surface area contributed by atoms with Gasteiger partial charge < -0.3 is 20.3 Å². The summed E-state index contributed by atoms with van der Waals surface area (Å²) in [7, 11) is 0. The van der Waals surface area contributed by atoms with Crippen molar-refractivity contribution in [2.75, 3.05) is 18.5 Å². The van der Waals surface area contributed by atoms with Gasteiger partial charge in [0, 0.05) is 18.8 Å². The summed E-state index contributed by atoms with van der Waals surface area (Å²) in [6.07, 6.45) is -0.297. The highest BCUT2D eigenvalue weighted by Gasteiger charge is 2.21. The summed E-state index contributed by atoms with van der Waals surface area (Å²) in [4.78, 5) is 25.1. The summed E-state index contributed by atoms with van der Waals surface area (Å²) in [5.41, 5.74) is 2.66. The number of hydrogen-bond acceptors (Lipinski definition) is 3. The largest absolute Gasteiger partial charge is 0.448 e. The molecule has 1 aliphatic rings. The van der Waals surface area contributed by atoms with Gasteiger partial charge in [0.15, 0.2) is 0 Å². The molecule has 3 amide bonds. The minimum Gasteiger partial charge on any atom is -0.448 e. The minimum atomic E-state index is -0.297. The number of nitrogens with one attached hydrogen (secondary N) is 2. The van der Waals surface area contributed by atoms with Gasteiger partial charge in [-0.05, 0) is 23.3 Å². The van der Waals surface area contributed by atoms with Crippen LogP contribution in [0.5, 0.6) is 0 Å². The van der Waals surface area contributed by atoms with Crippen molar-refractivity contribution >= 4 is 17.8 Å². The molecule has 0 aliphatic carbocycles. The van der Waals surface area contributed by atoms with E-state index < -0.39 is 0 Å². The van der Waals surface area contributed by atoms with Gasteiger partial charge in [-0.25, -0.2) is 9.59 Å². The lowest BCUT2D eigenvalue weighted by Gasteiger charge is -2.14. The van der Waals surface area contributed by atoms with E-state index in [2.05, 4.69) is 10.6 Å². The van der Waals surface area contributed by atoms with Crippen LogP contribution in [0.25, 0.3) is 0 Å². The second-order valence-corrected chi connectivity index (χ2v) is 5.53. The van der Waals surface area contributed by atoms with Gasteiger partial charge in [0.1, 0.15) is 6.61 Å². The molecule has 3 rings (SSSR count). The highest BCUT2D eigenvalue weighted by molar-refractivity contribution is 5.89. The number of cyclic esters (lactones) is 1. The number of carbonyl (C=O) groups excluding carboxylic acids is 2. The van der Waals surface area contributed by atoms with Crippen molar-refractivity contribution in [3.8, 4) is 0 Å². The number of urea groups is 1. The average Bonchev–Trinajstić information content (AvgIpc) is 2.99. The van der Waals surface area contributed by atoms with Crippen molar-refractivity contribution in [2.24, 2.45) is 0 Å². The Morgan fingerprint density at radius 3 is 2.62 bits per heavy atom. The first-order valence-corrected chi connectivity index (χ1v) is 7.80. The van der Waals surface area contributed by atoms with Gasteiger partial charge in [-0.1, -0.05) is 42.5 Å². The molecule has 0 unspecified atom stereocenters. The van der Waals surface area contributed by atoms with Gasteiger partial charge in [0.05, 0.1) is 6.54 Å². The molecule has 1 fully saturated rings. The third-order valence-corrected chi connectivity index (χ3v) is 3.70. The Bertz CT molecular complexity index is 718. The van der Waals surface area contributed by atoms with E-state index in [0.717, 1.165) is 11.1 Å². The normalized spacial score (nSPS) is 13.5. The standard InChI is InChI=1S/C18H19N3O3/c22-17(19-12-14-5-2-1-3-6-14)20-16-8-4-7-15(11-16)13-21-9-10-24-18(21)23/h1-8,11H,9-10,12-13H2,(H2,19,20,22). The van der Waals surface area contributed by atoms with E-state index in [1.165, 1.54) is 0 Å². The van der Waals surface area contributed by atoms with Crippen molar-refractivity contribution < 1.29 is 14.3 Å². The Morgan fingerprint density at radius 1 is 1.08 bits per heavy atom. The summed E-state index contributed by atoms with van der Waals surface area (Å²) in [6, 6.07) is 16.9. The lowest BCUT2D eigenvalue weighted by Crippen LogP contribution is -2.28. The second-order valence-electron chi connectivity index (χ2n) is 5.53. The molecule has 2 aromatic rings. The van der Waals surface area contributed by atoms with Crippen LogP contribution in [0.1, 0.15) is 11.1 Å². The number of amides is 3. The molecule has 2 aromatic carbocycles. The Morgan fingerprint density at radius 2 is 1.88 bits per heavy atom. The number of carbonyl (C=O) groups is 2. The van der Waals surface area contributed by atoms with Gasteiger partial charge in [0.2, 0.25) is 0 Å². The molecule has 0 radical (unpaired) electrons. The molecule has 124 valence electrons. The molecule has 0 bridgehead atoms.